The van der Waals surface area contributed by atoms with Crippen LogP contribution < -0.4 is 10.1 Å². The quantitative estimate of drug-likeness (QED) is 0.619. The molecule has 1 heterocycles. The Morgan fingerprint density at radius 1 is 1.15 bits per heavy atom. The van der Waals surface area contributed by atoms with Gasteiger partial charge in [-0.25, -0.2) is 0 Å². The zero-order chi connectivity index (χ0) is 19.2. The minimum absolute atomic E-state index is 0.124. The van der Waals surface area contributed by atoms with Crippen molar-refractivity contribution in [2.24, 2.45) is 0 Å². The zero-order valence-corrected chi connectivity index (χ0v) is 15.6. The summed E-state index contributed by atoms with van der Waals surface area (Å²) in [6, 6.07) is 16.3. The molecule has 2 aromatic carbocycles. The molecule has 1 amide bonds. The smallest absolute Gasteiger partial charge is 0.262 e. The maximum Gasteiger partial charge on any atom is 0.262 e. The first-order chi connectivity index (χ1) is 13.1. The van der Waals surface area contributed by atoms with Crippen molar-refractivity contribution in [3.63, 3.8) is 0 Å². The fourth-order valence-corrected chi connectivity index (χ4v) is 2.71. The minimum atomic E-state index is -0.316. The third kappa shape index (κ3) is 4.90. The van der Waals surface area contributed by atoms with Crippen molar-refractivity contribution in [1.29, 1.82) is 0 Å². The van der Waals surface area contributed by atoms with E-state index in [0.29, 0.717) is 28.0 Å². The van der Waals surface area contributed by atoms with E-state index in [-0.39, 0.29) is 19.1 Å². The Morgan fingerprint density at radius 3 is 2.59 bits per heavy atom. The summed E-state index contributed by atoms with van der Waals surface area (Å²) >= 11 is 6.18. The number of aliphatic hydroxyl groups is 1. The number of benzene rings is 2. The van der Waals surface area contributed by atoms with Gasteiger partial charge in [0.15, 0.2) is 6.61 Å². The van der Waals surface area contributed by atoms with Crippen LogP contribution in [0.3, 0.4) is 0 Å². The fraction of sp³-hybridized carbons (Fsp3) is 0.190. The summed E-state index contributed by atoms with van der Waals surface area (Å²) in [6.07, 6.45) is 0.949. The lowest BCUT2D eigenvalue weighted by atomic mass is 10.1. The molecule has 1 aromatic heterocycles. The number of carbonyl (C=O) groups is 1. The summed E-state index contributed by atoms with van der Waals surface area (Å²) in [6.45, 7) is 1.78. The lowest BCUT2D eigenvalue weighted by Gasteiger charge is -2.10. The Bertz CT molecular complexity index is 918. The van der Waals surface area contributed by atoms with Crippen molar-refractivity contribution in [3.05, 3.63) is 70.9 Å². The van der Waals surface area contributed by atoms with Crippen molar-refractivity contribution in [2.75, 3.05) is 11.9 Å². The molecule has 6 heteroatoms. The van der Waals surface area contributed by atoms with E-state index in [1.807, 2.05) is 24.3 Å². The Balaban J connectivity index is 1.65. The molecule has 0 saturated carbocycles. The molecule has 0 saturated heterocycles. The predicted molar refractivity (Wildman–Crippen MR) is 105 cm³/mol. The van der Waals surface area contributed by atoms with E-state index < -0.39 is 0 Å². The van der Waals surface area contributed by atoms with Gasteiger partial charge < -0.3 is 19.6 Å². The Labute approximate surface area is 162 Å². The number of furan rings is 1. The number of amides is 1. The molecule has 0 bridgehead atoms. The minimum Gasteiger partial charge on any atom is -0.484 e. The van der Waals surface area contributed by atoms with Gasteiger partial charge in [-0.15, -0.1) is 0 Å². The third-order valence-electron chi connectivity index (χ3n) is 4.04. The standard InChI is InChI=1S/C21H20ClNO4/c1-2-14-3-6-16(7-4-14)26-13-21(25)23-19-11-15(5-9-18(19)22)20-10-8-17(12-24)27-20/h3-11,24H,2,12-13H2,1H3,(H,23,25). The van der Waals surface area contributed by atoms with Gasteiger partial charge in [0.05, 0.1) is 10.7 Å². The molecule has 0 fully saturated rings. The number of nitrogens with one attached hydrogen (secondary N) is 1. The Kier molecular flexibility index (Phi) is 6.16. The van der Waals surface area contributed by atoms with Crippen LogP contribution in [0.15, 0.2) is 59.0 Å². The first kappa shape index (κ1) is 19.0. The van der Waals surface area contributed by atoms with E-state index in [9.17, 15) is 4.79 Å². The van der Waals surface area contributed by atoms with Crippen LogP contribution in [0.25, 0.3) is 11.3 Å². The molecule has 0 aliphatic heterocycles. The lowest BCUT2D eigenvalue weighted by molar-refractivity contribution is -0.118. The fourth-order valence-electron chi connectivity index (χ4n) is 2.55. The van der Waals surface area contributed by atoms with Gasteiger partial charge in [0.2, 0.25) is 0 Å². The number of aryl methyl sites for hydroxylation is 1. The molecular formula is C21H20ClNO4. The zero-order valence-electron chi connectivity index (χ0n) is 14.9. The first-order valence-corrected chi connectivity index (χ1v) is 8.98. The van der Waals surface area contributed by atoms with E-state index in [0.717, 1.165) is 12.0 Å². The summed E-state index contributed by atoms with van der Waals surface area (Å²) < 4.78 is 11.0. The predicted octanol–water partition coefficient (Wildman–Crippen LogP) is 4.67. The molecule has 3 rings (SSSR count). The highest BCUT2D eigenvalue weighted by Gasteiger charge is 2.11. The number of ether oxygens (including phenoxy) is 1. The van der Waals surface area contributed by atoms with Crippen LogP contribution in [0.1, 0.15) is 18.2 Å². The number of halogens is 1. The Hall–Kier alpha value is -2.76. The maximum atomic E-state index is 12.2. The molecule has 27 heavy (non-hydrogen) atoms. The number of rotatable bonds is 7. The molecule has 5 nitrogen and oxygen atoms in total. The van der Waals surface area contributed by atoms with Gasteiger partial charge in [-0.3, -0.25) is 4.79 Å². The lowest BCUT2D eigenvalue weighted by Crippen LogP contribution is -2.20. The number of hydrogen-bond donors (Lipinski definition) is 2. The van der Waals surface area contributed by atoms with Crippen LogP contribution in [-0.4, -0.2) is 17.6 Å². The van der Waals surface area contributed by atoms with E-state index in [1.165, 1.54) is 5.56 Å². The van der Waals surface area contributed by atoms with Crippen LogP contribution >= 0.6 is 11.6 Å². The average molecular weight is 386 g/mol. The number of aliphatic hydroxyl groups excluding tert-OH is 1. The second-order valence-corrected chi connectivity index (χ2v) is 6.36. The van der Waals surface area contributed by atoms with Gasteiger partial charge in [-0.2, -0.15) is 0 Å². The normalized spacial score (nSPS) is 10.6. The van der Waals surface area contributed by atoms with Crippen molar-refractivity contribution < 1.29 is 19.1 Å². The molecular weight excluding hydrogens is 366 g/mol. The molecule has 0 radical (unpaired) electrons. The molecule has 140 valence electrons. The summed E-state index contributed by atoms with van der Waals surface area (Å²) in [5, 5.41) is 12.3. The van der Waals surface area contributed by atoms with Gasteiger partial charge in [0.25, 0.3) is 5.91 Å². The third-order valence-corrected chi connectivity index (χ3v) is 4.37. The van der Waals surface area contributed by atoms with Crippen molar-refractivity contribution in [2.45, 2.75) is 20.0 Å². The van der Waals surface area contributed by atoms with Gasteiger partial charge >= 0.3 is 0 Å². The number of carbonyl (C=O) groups excluding carboxylic acids is 1. The summed E-state index contributed by atoms with van der Waals surface area (Å²) in [4.78, 5) is 12.2. The monoisotopic (exact) mass is 385 g/mol. The second-order valence-electron chi connectivity index (χ2n) is 5.95. The molecule has 2 N–H and O–H groups in total. The molecule has 0 aliphatic carbocycles. The topological polar surface area (TPSA) is 71.7 Å². The van der Waals surface area contributed by atoms with Crippen LogP contribution in [0.5, 0.6) is 5.75 Å². The summed E-state index contributed by atoms with van der Waals surface area (Å²) in [5.74, 6) is 1.37. The molecule has 0 spiro atoms. The van der Waals surface area contributed by atoms with E-state index in [1.54, 1.807) is 30.3 Å². The SMILES string of the molecule is CCc1ccc(OCC(=O)Nc2cc(-c3ccc(CO)o3)ccc2Cl)cc1. The Morgan fingerprint density at radius 2 is 1.93 bits per heavy atom. The summed E-state index contributed by atoms with van der Waals surface area (Å²) in [7, 11) is 0. The molecule has 0 unspecified atom stereocenters. The highest BCUT2D eigenvalue weighted by Crippen LogP contribution is 2.30. The van der Waals surface area contributed by atoms with Gasteiger partial charge in [-0.05, 0) is 54.4 Å². The van der Waals surface area contributed by atoms with Crippen LogP contribution in [0.4, 0.5) is 5.69 Å². The largest absolute Gasteiger partial charge is 0.484 e. The number of hydrogen-bond acceptors (Lipinski definition) is 4. The van der Waals surface area contributed by atoms with Crippen molar-refractivity contribution in [1.82, 2.24) is 0 Å². The summed E-state index contributed by atoms with van der Waals surface area (Å²) in [5.41, 5.74) is 2.41. The van der Waals surface area contributed by atoms with Gasteiger partial charge in [0.1, 0.15) is 23.9 Å². The van der Waals surface area contributed by atoms with Crippen molar-refractivity contribution in [3.8, 4) is 17.1 Å². The molecule has 0 aliphatic rings. The second kappa shape index (κ2) is 8.75. The van der Waals surface area contributed by atoms with Gasteiger partial charge in [-0.1, -0.05) is 30.7 Å². The highest BCUT2D eigenvalue weighted by molar-refractivity contribution is 6.33. The number of anilines is 1. The highest BCUT2D eigenvalue weighted by atomic mass is 35.5. The van der Waals surface area contributed by atoms with E-state index in [4.69, 9.17) is 25.9 Å². The van der Waals surface area contributed by atoms with Crippen LogP contribution in [0, 0.1) is 0 Å². The maximum absolute atomic E-state index is 12.2. The van der Waals surface area contributed by atoms with Crippen LogP contribution in [-0.2, 0) is 17.8 Å². The average Bonchev–Trinajstić information content (AvgIpc) is 3.18. The molecule has 0 atom stereocenters. The van der Waals surface area contributed by atoms with Crippen LogP contribution in [0.2, 0.25) is 5.02 Å². The van der Waals surface area contributed by atoms with Crippen molar-refractivity contribution >= 4 is 23.2 Å². The van der Waals surface area contributed by atoms with E-state index >= 15 is 0 Å². The first-order valence-electron chi connectivity index (χ1n) is 8.60. The van der Waals surface area contributed by atoms with Gasteiger partial charge in [0, 0.05) is 5.56 Å². The van der Waals surface area contributed by atoms with E-state index in [2.05, 4.69) is 12.2 Å². The molecule has 3 aromatic rings.